The van der Waals surface area contributed by atoms with Gasteiger partial charge in [-0.2, -0.15) is 0 Å². The molecular weight excluding hydrogens is 393 g/mol. The van der Waals surface area contributed by atoms with E-state index in [2.05, 4.69) is 42.6 Å². The number of rotatable bonds is 3. The Balaban J connectivity index is 2.31. The van der Waals surface area contributed by atoms with Gasteiger partial charge in [0, 0.05) is 8.95 Å². The van der Waals surface area contributed by atoms with Gasteiger partial charge in [-0.15, -0.1) is 0 Å². The molecule has 0 heterocycles. The Morgan fingerprint density at radius 1 is 1.20 bits per heavy atom. The van der Waals surface area contributed by atoms with Crippen molar-refractivity contribution in [3.05, 3.63) is 56.7 Å². The third-order valence-corrected chi connectivity index (χ3v) is 3.73. The predicted molar refractivity (Wildman–Crippen MR) is 84.0 cm³/mol. The van der Waals surface area contributed by atoms with Crippen LogP contribution in [0.4, 0.5) is 15.8 Å². The summed E-state index contributed by atoms with van der Waals surface area (Å²) in [6.45, 7) is 0. The van der Waals surface area contributed by atoms with E-state index in [1.807, 2.05) is 0 Å². The van der Waals surface area contributed by atoms with Crippen LogP contribution in [0, 0.1) is 5.82 Å². The first-order chi connectivity index (χ1) is 9.52. The summed E-state index contributed by atoms with van der Waals surface area (Å²) in [5, 5.41) is 2.69. The number of carbonyl (C=O) groups is 1. The number of para-hydroxylation sites is 1. The van der Waals surface area contributed by atoms with Crippen LogP contribution >= 0.6 is 31.9 Å². The Morgan fingerprint density at radius 2 is 1.95 bits per heavy atom. The predicted octanol–water partition coefficient (Wildman–Crippen LogP) is 3.89. The Morgan fingerprint density at radius 3 is 2.60 bits per heavy atom. The number of benzene rings is 2. The zero-order chi connectivity index (χ0) is 14.7. The molecule has 0 unspecified atom stereocenters. The van der Waals surface area contributed by atoms with Crippen LogP contribution in [-0.2, 0) is 0 Å². The van der Waals surface area contributed by atoms with Gasteiger partial charge in [0.25, 0.3) is 5.91 Å². The summed E-state index contributed by atoms with van der Waals surface area (Å²) in [6.07, 6.45) is 0. The van der Waals surface area contributed by atoms with E-state index >= 15 is 0 Å². The van der Waals surface area contributed by atoms with Crippen molar-refractivity contribution in [2.24, 2.45) is 5.84 Å². The lowest BCUT2D eigenvalue weighted by Crippen LogP contribution is -2.18. The minimum Gasteiger partial charge on any atom is -0.321 e. The highest BCUT2D eigenvalue weighted by Crippen LogP contribution is 2.27. The molecule has 0 saturated heterocycles. The summed E-state index contributed by atoms with van der Waals surface area (Å²) >= 11 is 6.66. The maximum absolute atomic E-state index is 13.5. The summed E-state index contributed by atoms with van der Waals surface area (Å²) in [5.74, 6) is 4.20. The number of anilines is 2. The van der Waals surface area contributed by atoms with Crippen LogP contribution < -0.4 is 16.6 Å². The van der Waals surface area contributed by atoms with Gasteiger partial charge < -0.3 is 10.7 Å². The lowest BCUT2D eigenvalue weighted by Gasteiger charge is -2.11. The van der Waals surface area contributed by atoms with Crippen molar-refractivity contribution in [1.29, 1.82) is 0 Å². The molecule has 0 fully saturated rings. The Kier molecular flexibility index (Phi) is 4.74. The largest absolute Gasteiger partial charge is 0.321 e. The Hall–Kier alpha value is -1.44. The van der Waals surface area contributed by atoms with Gasteiger partial charge in [-0.25, -0.2) is 4.39 Å². The van der Waals surface area contributed by atoms with Crippen LogP contribution in [0.3, 0.4) is 0 Å². The standard InChI is InChI=1S/C13H10Br2FN3O/c14-7-4-5-11(9(15)6-7)18-13(20)8-2-1-3-10(16)12(8)19-17/h1-6,19H,17H2,(H,18,20). The molecule has 20 heavy (non-hydrogen) atoms. The Labute approximate surface area is 131 Å². The van der Waals surface area contributed by atoms with Gasteiger partial charge >= 0.3 is 0 Å². The fraction of sp³-hybridized carbons (Fsp3) is 0. The zero-order valence-corrected chi connectivity index (χ0v) is 13.3. The van der Waals surface area contributed by atoms with E-state index in [0.29, 0.717) is 10.2 Å². The second-order valence-electron chi connectivity index (χ2n) is 3.89. The van der Waals surface area contributed by atoms with E-state index in [4.69, 9.17) is 5.84 Å². The summed E-state index contributed by atoms with van der Waals surface area (Å²) in [7, 11) is 0. The molecule has 4 nitrogen and oxygen atoms in total. The van der Waals surface area contributed by atoms with Crippen molar-refractivity contribution in [1.82, 2.24) is 0 Å². The molecule has 7 heteroatoms. The third kappa shape index (κ3) is 3.17. The molecular formula is C13H10Br2FN3O. The first-order valence-electron chi connectivity index (χ1n) is 5.54. The molecule has 0 atom stereocenters. The molecule has 1 amide bonds. The maximum Gasteiger partial charge on any atom is 0.257 e. The molecule has 0 aliphatic rings. The van der Waals surface area contributed by atoms with Gasteiger partial charge in [0.2, 0.25) is 0 Å². The second-order valence-corrected chi connectivity index (χ2v) is 5.66. The van der Waals surface area contributed by atoms with Gasteiger partial charge in [-0.1, -0.05) is 22.0 Å². The molecule has 0 aliphatic carbocycles. The van der Waals surface area contributed by atoms with E-state index < -0.39 is 11.7 Å². The highest BCUT2D eigenvalue weighted by atomic mass is 79.9. The first-order valence-corrected chi connectivity index (χ1v) is 7.13. The highest BCUT2D eigenvalue weighted by molar-refractivity contribution is 9.11. The number of nitrogens with two attached hydrogens (primary N) is 1. The van der Waals surface area contributed by atoms with Crippen LogP contribution in [0.1, 0.15) is 10.4 Å². The van der Waals surface area contributed by atoms with Crippen LogP contribution in [0.2, 0.25) is 0 Å². The molecule has 4 N–H and O–H groups in total. The van der Waals surface area contributed by atoms with E-state index in [1.165, 1.54) is 18.2 Å². The molecule has 0 radical (unpaired) electrons. The van der Waals surface area contributed by atoms with Crippen LogP contribution in [0.15, 0.2) is 45.3 Å². The van der Waals surface area contributed by atoms with E-state index in [1.54, 1.807) is 18.2 Å². The van der Waals surface area contributed by atoms with E-state index in [0.717, 1.165) is 4.47 Å². The molecule has 0 spiro atoms. The van der Waals surface area contributed by atoms with Crippen LogP contribution in [0.25, 0.3) is 0 Å². The number of hydrogen-bond acceptors (Lipinski definition) is 3. The van der Waals surface area contributed by atoms with E-state index in [9.17, 15) is 9.18 Å². The number of hydrazine groups is 1. The average molecular weight is 403 g/mol. The average Bonchev–Trinajstić information content (AvgIpc) is 2.41. The third-order valence-electron chi connectivity index (χ3n) is 2.58. The lowest BCUT2D eigenvalue weighted by atomic mass is 10.1. The number of nitrogens with one attached hydrogen (secondary N) is 2. The molecule has 0 bridgehead atoms. The van der Waals surface area contributed by atoms with Crippen LogP contribution in [0.5, 0.6) is 0 Å². The van der Waals surface area contributed by atoms with Crippen molar-refractivity contribution < 1.29 is 9.18 Å². The molecule has 2 aromatic carbocycles. The molecule has 0 saturated carbocycles. The van der Waals surface area contributed by atoms with Crippen molar-refractivity contribution in [2.45, 2.75) is 0 Å². The van der Waals surface area contributed by atoms with Crippen molar-refractivity contribution in [3.63, 3.8) is 0 Å². The lowest BCUT2D eigenvalue weighted by molar-refractivity contribution is 0.102. The number of nitrogen functional groups attached to an aromatic ring is 1. The fourth-order valence-corrected chi connectivity index (χ4v) is 2.79. The smallest absolute Gasteiger partial charge is 0.257 e. The van der Waals surface area contributed by atoms with Gasteiger partial charge in [0.1, 0.15) is 5.82 Å². The van der Waals surface area contributed by atoms with Gasteiger partial charge in [-0.3, -0.25) is 10.6 Å². The molecule has 104 valence electrons. The summed E-state index contributed by atoms with van der Waals surface area (Å²) in [5.41, 5.74) is 2.86. The maximum atomic E-state index is 13.5. The minimum absolute atomic E-state index is 0.0433. The molecule has 0 aliphatic heterocycles. The topological polar surface area (TPSA) is 67.1 Å². The second kappa shape index (κ2) is 6.34. The highest BCUT2D eigenvalue weighted by Gasteiger charge is 2.15. The number of halogens is 3. The van der Waals surface area contributed by atoms with E-state index in [-0.39, 0.29) is 11.3 Å². The summed E-state index contributed by atoms with van der Waals surface area (Å²) in [6, 6.07) is 9.46. The van der Waals surface area contributed by atoms with Gasteiger partial charge in [-0.05, 0) is 46.3 Å². The number of amides is 1. The quantitative estimate of drug-likeness (QED) is 0.539. The van der Waals surface area contributed by atoms with Crippen LogP contribution in [-0.4, -0.2) is 5.91 Å². The zero-order valence-electron chi connectivity index (χ0n) is 10.1. The monoisotopic (exact) mass is 401 g/mol. The minimum atomic E-state index is -0.588. The molecule has 2 rings (SSSR count). The van der Waals surface area contributed by atoms with Gasteiger partial charge in [0.15, 0.2) is 0 Å². The molecule has 0 aromatic heterocycles. The normalized spacial score (nSPS) is 10.2. The number of carbonyl (C=O) groups excluding carboxylic acids is 1. The Bertz CT molecular complexity index is 664. The van der Waals surface area contributed by atoms with Crippen molar-refractivity contribution in [3.8, 4) is 0 Å². The summed E-state index contributed by atoms with van der Waals surface area (Å²) < 4.78 is 15.1. The number of hydrogen-bond donors (Lipinski definition) is 3. The van der Waals surface area contributed by atoms with Gasteiger partial charge in [0.05, 0.1) is 16.9 Å². The van der Waals surface area contributed by atoms with Crippen molar-refractivity contribution >= 4 is 49.1 Å². The first kappa shape index (κ1) is 15.0. The van der Waals surface area contributed by atoms with Crippen molar-refractivity contribution in [2.75, 3.05) is 10.7 Å². The fourth-order valence-electron chi connectivity index (χ4n) is 1.64. The molecule has 2 aromatic rings. The SMILES string of the molecule is NNc1c(F)cccc1C(=O)Nc1ccc(Br)cc1Br. The summed E-state index contributed by atoms with van der Waals surface area (Å²) in [4.78, 5) is 12.2.